The highest BCUT2D eigenvalue weighted by Crippen LogP contribution is 2.33. The molecule has 0 N–H and O–H groups in total. The van der Waals surface area contributed by atoms with Crippen molar-refractivity contribution in [2.24, 2.45) is 7.05 Å². The van der Waals surface area contributed by atoms with E-state index in [-0.39, 0.29) is 0 Å². The van der Waals surface area contributed by atoms with E-state index < -0.39 is 0 Å². The predicted molar refractivity (Wildman–Crippen MR) is 120 cm³/mol. The van der Waals surface area contributed by atoms with Gasteiger partial charge in [0.1, 0.15) is 5.01 Å². The Labute approximate surface area is 177 Å². The van der Waals surface area contributed by atoms with Crippen molar-refractivity contribution in [3.05, 3.63) is 56.7 Å². The van der Waals surface area contributed by atoms with E-state index in [1.54, 1.807) is 34.4 Å². The molecule has 4 nitrogen and oxygen atoms in total. The number of thioether (sulfide) groups is 1. The zero-order chi connectivity index (χ0) is 19.7. The summed E-state index contributed by atoms with van der Waals surface area (Å²) in [5.41, 5.74) is 6.10. The van der Waals surface area contributed by atoms with E-state index in [1.807, 2.05) is 7.05 Å². The third-order valence-corrected chi connectivity index (χ3v) is 7.65. The standard InChI is InChI=1S/C21H22N4S3/c1-5-17-14(3)26-12-18(17)19-23-24-21(25(19)4)28-11-16-10-27-20(22-16)15-8-6-7-13(2)9-15/h6-10,12H,5,11H2,1-4H3. The van der Waals surface area contributed by atoms with Crippen molar-refractivity contribution in [3.63, 3.8) is 0 Å². The molecule has 0 fully saturated rings. The van der Waals surface area contributed by atoms with Gasteiger partial charge < -0.3 is 4.57 Å². The summed E-state index contributed by atoms with van der Waals surface area (Å²) in [7, 11) is 2.04. The lowest BCUT2D eigenvalue weighted by Gasteiger charge is -2.04. The van der Waals surface area contributed by atoms with Crippen LogP contribution in [0.15, 0.2) is 40.2 Å². The van der Waals surface area contributed by atoms with Crippen LogP contribution in [0.2, 0.25) is 0 Å². The van der Waals surface area contributed by atoms with E-state index in [0.717, 1.165) is 33.9 Å². The van der Waals surface area contributed by atoms with Crippen LogP contribution in [0.3, 0.4) is 0 Å². The van der Waals surface area contributed by atoms with Gasteiger partial charge in [-0.25, -0.2) is 4.98 Å². The van der Waals surface area contributed by atoms with Crippen LogP contribution in [0.5, 0.6) is 0 Å². The van der Waals surface area contributed by atoms with E-state index in [4.69, 9.17) is 4.98 Å². The third-order valence-electron chi connectivity index (χ3n) is 4.70. The number of rotatable bonds is 6. The lowest BCUT2D eigenvalue weighted by Crippen LogP contribution is -1.96. The van der Waals surface area contributed by atoms with Crippen molar-refractivity contribution in [2.75, 3.05) is 0 Å². The van der Waals surface area contributed by atoms with Crippen molar-refractivity contribution in [1.29, 1.82) is 0 Å². The predicted octanol–water partition coefficient (Wildman–Crippen LogP) is 6.14. The second-order valence-electron chi connectivity index (χ2n) is 6.71. The summed E-state index contributed by atoms with van der Waals surface area (Å²) in [6.07, 6.45) is 1.01. The Hall–Kier alpha value is -1.96. The van der Waals surface area contributed by atoms with Gasteiger partial charge in [0.05, 0.1) is 5.69 Å². The molecule has 0 spiro atoms. The van der Waals surface area contributed by atoms with Gasteiger partial charge >= 0.3 is 0 Å². The highest BCUT2D eigenvalue weighted by Gasteiger charge is 2.17. The minimum Gasteiger partial charge on any atom is -0.305 e. The van der Waals surface area contributed by atoms with Crippen LogP contribution in [0.1, 0.15) is 28.6 Å². The van der Waals surface area contributed by atoms with Gasteiger partial charge in [-0.05, 0) is 31.9 Å². The summed E-state index contributed by atoms with van der Waals surface area (Å²) in [4.78, 5) is 6.17. The summed E-state index contributed by atoms with van der Waals surface area (Å²) in [5.74, 6) is 1.74. The monoisotopic (exact) mass is 426 g/mol. The first-order valence-corrected chi connectivity index (χ1v) is 11.9. The van der Waals surface area contributed by atoms with Gasteiger partial charge in [0.25, 0.3) is 0 Å². The molecule has 144 valence electrons. The maximum absolute atomic E-state index is 4.80. The molecule has 7 heteroatoms. The molecule has 0 aliphatic carbocycles. The average Bonchev–Trinajstić information content (AvgIpc) is 3.39. The van der Waals surface area contributed by atoms with Gasteiger partial charge in [0.2, 0.25) is 0 Å². The Morgan fingerprint density at radius 3 is 2.75 bits per heavy atom. The molecule has 0 saturated carbocycles. The lowest BCUT2D eigenvalue weighted by molar-refractivity contribution is 0.793. The molecule has 0 aliphatic rings. The molecule has 1 aromatic carbocycles. The van der Waals surface area contributed by atoms with Crippen molar-refractivity contribution in [2.45, 2.75) is 38.1 Å². The van der Waals surface area contributed by atoms with Crippen LogP contribution in [0.25, 0.3) is 22.0 Å². The van der Waals surface area contributed by atoms with Crippen molar-refractivity contribution in [3.8, 4) is 22.0 Å². The van der Waals surface area contributed by atoms with Gasteiger partial charge in [-0.3, -0.25) is 0 Å². The van der Waals surface area contributed by atoms with Gasteiger partial charge in [-0.2, -0.15) is 0 Å². The fraction of sp³-hybridized carbons (Fsp3) is 0.286. The maximum Gasteiger partial charge on any atom is 0.191 e. The quantitative estimate of drug-likeness (QED) is 0.347. The second kappa shape index (κ2) is 8.19. The molecule has 0 bridgehead atoms. The highest BCUT2D eigenvalue weighted by atomic mass is 32.2. The lowest BCUT2D eigenvalue weighted by atomic mass is 10.1. The fourth-order valence-electron chi connectivity index (χ4n) is 3.20. The molecule has 4 rings (SSSR count). The Morgan fingerprint density at radius 1 is 1.11 bits per heavy atom. The highest BCUT2D eigenvalue weighted by molar-refractivity contribution is 7.98. The van der Waals surface area contributed by atoms with Gasteiger partial charge in [-0.1, -0.05) is 42.4 Å². The number of aryl methyl sites for hydroxylation is 2. The minimum absolute atomic E-state index is 0.789. The average molecular weight is 427 g/mol. The van der Waals surface area contributed by atoms with Gasteiger partial charge in [0, 0.05) is 39.6 Å². The third kappa shape index (κ3) is 3.79. The molecule has 0 amide bonds. The fourth-order valence-corrected chi connectivity index (χ4v) is 5.87. The van der Waals surface area contributed by atoms with E-state index in [0.29, 0.717) is 0 Å². The van der Waals surface area contributed by atoms with Crippen LogP contribution in [0.4, 0.5) is 0 Å². The van der Waals surface area contributed by atoms with Crippen molar-refractivity contribution >= 4 is 34.4 Å². The first-order valence-electron chi connectivity index (χ1n) is 9.17. The summed E-state index contributed by atoms with van der Waals surface area (Å²) in [5, 5.41) is 15.2. The van der Waals surface area contributed by atoms with E-state index in [1.165, 1.54) is 27.1 Å². The largest absolute Gasteiger partial charge is 0.305 e. The maximum atomic E-state index is 4.80. The number of nitrogens with zero attached hydrogens (tertiary/aromatic N) is 4. The van der Waals surface area contributed by atoms with Crippen LogP contribution in [0, 0.1) is 13.8 Å². The van der Waals surface area contributed by atoms with E-state index >= 15 is 0 Å². The number of hydrogen-bond donors (Lipinski definition) is 0. The summed E-state index contributed by atoms with van der Waals surface area (Å²) >= 11 is 5.16. The normalized spacial score (nSPS) is 11.3. The smallest absolute Gasteiger partial charge is 0.191 e. The molecule has 0 radical (unpaired) electrons. The molecule has 0 saturated heterocycles. The molecule has 3 aromatic heterocycles. The first kappa shape index (κ1) is 19.4. The van der Waals surface area contributed by atoms with E-state index in [2.05, 4.69) is 70.6 Å². The Balaban J connectivity index is 1.50. The summed E-state index contributed by atoms with van der Waals surface area (Å²) < 4.78 is 2.10. The zero-order valence-electron chi connectivity index (χ0n) is 16.4. The van der Waals surface area contributed by atoms with Gasteiger partial charge in [0.15, 0.2) is 11.0 Å². The molecular weight excluding hydrogens is 404 g/mol. The molecule has 0 aliphatic heterocycles. The number of hydrogen-bond acceptors (Lipinski definition) is 6. The molecule has 0 unspecified atom stereocenters. The zero-order valence-corrected chi connectivity index (χ0v) is 18.8. The number of thiophene rings is 1. The number of thiazole rings is 1. The molecular formula is C21H22N4S3. The number of aromatic nitrogens is 4. The molecule has 0 atom stereocenters. The first-order chi connectivity index (χ1) is 13.6. The molecule has 28 heavy (non-hydrogen) atoms. The SMILES string of the molecule is CCc1c(-c2nnc(SCc3csc(-c4cccc(C)c4)n3)n2C)csc1C. The van der Waals surface area contributed by atoms with Crippen molar-refractivity contribution < 1.29 is 0 Å². The Morgan fingerprint density at radius 2 is 1.96 bits per heavy atom. The molecule has 3 heterocycles. The topological polar surface area (TPSA) is 43.6 Å². The van der Waals surface area contributed by atoms with Crippen LogP contribution < -0.4 is 0 Å². The minimum atomic E-state index is 0.789. The van der Waals surface area contributed by atoms with Crippen LogP contribution in [-0.4, -0.2) is 19.7 Å². The summed E-state index contributed by atoms with van der Waals surface area (Å²) in [6.45, 7) is 6.48. The van der Waals surface area contributed by atoms with Gasteiger partial charge in [-0.15, -0.1) is 32.9 Å². The van der Waals surface area contributed by atoms with Crippen molar-refractivity contribution in [1.82, 2.24) is 19.7 Å². The van der Waals surface area contributed by atoms with Crippen LogP contribution >= 0.6 is 34.4 Å². The van der Waals surface area contributed by atoms with Crippen LogP contribution in [-0.2, 0) is 19.2 Å². The Bertz CT molecular complexity index is 1110. The second-order valence-corrected chi connectivity index (χ2v) is 9.59. The summed E-state index contributed by atoms with van der Waals surface area (Å²) in [6, 6.07) is 8.49. The number of benzene rings is 1. The Kier molecular flexibility index (Phi) is 5.66. The molecule has 4 aromatic rings. The van der Waals surface area contributed by atoms with E-state index in [9.17, 15) is 0 Å².